The van der Waals surface area contributed by atoms with E-state index in [0.717, 1.165) is 19.3 Å². The Morgan fingerprint density at radius 2 is 1.38 bits per heavy atom. The van der Waals surface area contributed by atoms with E-state index in [0.29, 0.717) is 18.3 Å². The van der Waals surface area contributed by atoms with E-state index in [2.05, 4.69) is 0 Å². The van der Waals surface area contributed by atoms with Crippen LogP contribution in [0.5, 0.6) is 0 Å². The highest BCUT2D eigenvalue weighted by Gasteiger charge is 2.36. The van der Waals surface area contributed by atoms with E-state index in [-0.39, 0.29) is 23.8 Å². The largest absolute Gasteiger partial charge is 0.469 e. The van der Waals surface area contributed by atoms with Gasteiger partial charge in [0.25, 0.3) is 0 Å². The summed E-state index contributed by atoms with van der Waals surface area (Å²) in [6.45, 7) is 0. The van der Waals surface area contributed by atoms with Gasteiger partial charge in [-0.15, -0.1) is 0 Å². The second kappa shape index (κ2) is 10.0. The first-order valence-electron chi connectivity index (χ1n) is 9.81. The van der Waals surface area contributed by atoms with E-state index in [4.69, 9.17) is 9.47 Å². The van der Waals surface area contributed by atoms with Crippen molar-refractivity contribution in [2.24, 2.45) is 23.7 Å². The Hall–Kier alpha value is -1.06. The molecule has 0 radical (unpaired) electrons. The fourth-order valence-corrected chi connectivity index (χ4v) is 4.76. The molecule has 0 heterocycles. The number of hydrogen-bond acceptors (Lipinski definition) is 4. The Morgan fingerprint density at radius 3 is 1.92 bits per heavy atom. The summed E-state index contributed by atoms with van der Waals surface area (Å²) in [7, 11) is 2.93. The first-order valence-corrected chi connectivity index (χ1v) is 9.81. The number of rotatable bonds is 7. The number of carbonyl (C=O) groups is 2. The Morgan fingerprint density at radius 1 is 0.833 bits per heavy atom. The average molecular weight is 338 g/mol. The van der Waals surface area contributed by atoms with Crippen molar-refractivity contribution in [2.75, 3.05) is 14.2 Å². The van der Waals surface area contributed by atoms with Crippen molar-refractivity contribution in [1.82, 2.24) is 0 Å². The maximum atomic E-state index is 12.4. The van der Waals surface area contributed by atoms with Gasteiger partial charge in [0.2, 0.25) is 0 Å². The van der Waals surface area contributed by atoms with Crippen LogP contribution in [0.15, 0.2) is 0 Å². The molecule has 0 bridgehead atoms. The maximum Gasteiger partial charge on any atom is 0.308 e. The van der Waals surface area contributed by atoms with Gasteiger partial charge in [0, 0.05) is 0 Å². The smallest absolute Gasteiger partial charge is 0.308 e. The molecule has 2 aliphatic carbocycles. The van der Waals surface area contributed by atoms with Gasteiger partial charge in [0.15, 0.2) is 0 Å². The van der Waals surface area contributed by atoms with Gasteiger partial charge < -0.3 is 9.47 Å². The van der Waals surface area contributed by atoms with E-state index in [1.807, 2.05) is 0 Å². The Labute approximate surface area is 146 Å². The molecule has 0 amide bonds. The molecule has 2 saturated carbocycles. The molecule has 0 unspecified atom stereocenters. The van der Waals surface area contributed by atoms with Gasteiger partial charge in [-0.3, -0.25) is 9.59 Å². The minimum Gasteiger partial charge on any atom is -0.469 e. The highest BCUT2D eigenvalue weighted by molar-refractivity contribution is 5.76. The lowest BCUT2D eigenvalue weighted by molar-refractivity contribution is -0.152. The molecule has 0 saturated heterocycles. The van der Waals surface area contributed by atoms with Crippen LogP contribution in [0.4, 0.5) is 0 Å². The molecule has 0 spiro atoms. The van der Waals surface area contributed by atoms with Crippen molar-refractivity contribution in [3.05, 3.63) is 0 Å². The summed E-state index contributed by atoms with van der Waals surface area (Å²) in [6, 6.07) is 0. The molecule has 0 aromatic rings. The zero-order chi connectivity index (χ0) is 17.4. The van der Waals surface area contributed by atoms with Gasteiger partial charge >= 0.3 is 11.9 Å². The second-order valence-electron chi connectivity index (χ2n) is 7.72. The molecule has 4 nitrogen and oxygen atoms in total. The first-order chi connectivity index (χ1) is 11.7. The van der Waals surface area contributed by atoms with E-state index in [1.54, 1.807) is 0 Å². The number of methoxy groups -OCH3 is 2. The predicted octanol–water partition coefficient (Wildman–Crippen LogP) is 4.51. The lowest BCUT2D eigenvalue weighted by Crippen LogP contribution is -2.32. The van der Waals surface area contributed by atoms with Gasteiger partial charge in [0.05, 0.1) is 26.1 Å². The van der Waals surface area contributed by atoms with Crippen LogP contribution in [0.1, 0.15) is 77.0 Å². The van der Waals surface area contributed by atoms with Gasteiger partial charge in [-0.2, -0.15) is 0 Å². The zero-order valence-corrected chi connectivity index (χ0v) is 15.4. The molecule has 2 atom stereocenters. The quantitative estimate of drug-likeness (QED) is 0.641. The molecule has 4 heteroatoms. The number of hydrogen-bond donors (Lipinski definition) is 0. The van der Waals surface area contributed by atoms with Crippen LogP contribution >= 0.6 is 0 Å². The van der Waals surface area contributed by atoms with Crippen LogP contribution in [-0.4, -0.2) is 26.2 Å². The van der Waals surface area contributed by atoms with Gasteiger partial charge in [0.1, 0.15) is 0 Å². The van der Waals surface area contributed by atoms with Gasteiger partial charge in [-0.25, -0.2) is 0 Å². The summed E-state index contributed by atoms with van der Waals surface area (Å²) in [5.74, 6) is 0.370. The van der Waals surface area contributed by atoms with Crippen molar-refractivity contribution in [2.45, 2.75) is 77.0 Å². The van der Waals surface area contributed by atoms with E-state index in [1.165, 1.54) is 65.6 Å². The lowest BCUT2D eigenvalue weighted by Gasteiger charge is -2.32. The van der Waals surface area contributed by atoms with E-state index in [9.17, 15) is 9.59 Å². The Balaban J connectivity index is 2.04. The summed E-state index contributed by atoms with van der Waals surface area (Å²) in [5.41, 5.74) is 0. The van der Waals surface area contributed by atoms with Crippen LogP contribution in [-0.2, 0) is 19.1 Å². The van der Waals surface area contributed by atoms with Crippen molar-refractivity contribution in [3.63, 3.8) is 0 Å². The van der Waals surface area contributed by atoms with Crippen LogP contribution in [0.25, 0.3) is 0 Å². The average Bonchev–Trinajstić information content (AvgIpc) is 2.65. The summed E-state index contributed by atoms with van der Waals surface area (Å²) >= 11 is 0. The molecule has 0 aromatic carbocycles. The second-order valence-corrected chi connectivity index (χ2v) is 7.72. The summed E-state index contributed by atoms with van der Waals surface area (Å²) in [5, 5.41) is 0. The monoisotopic (exact) mass is 338 g/mol. The fraction of sp³-hybridized carbons (Fsp3) is 0.900. The zero-order valence-electron chi connectivity index (χ0n) is 15.4. The van der Waals surface area contributed by atoms with Crippen LogP contribution in [0.2, 0.25) is 0 Å². The van der Waals surface area contributed by atoms with Crippen molar-refractivity contribution in [3.8, 4) is 0 Å². The van der Waals surface area contributed by atoms with Crippen LogP contribution in [0.3, 0.4) is 0 Å². The molecule has 0 aliphatic heterocycles. The van der Waals surface area contributed by atoms with Gasteiger partial charge in [-0.1, -0.05) is 51.4 Å². The number of ether oxygens (including phenoxy) is 2. The van der Waals surface area contributed by atoms with Crippen molar-refractivity contribution in [1.29, 1.82) is 0 Å². The van der Waals surface area contributed by atoms with Crippen molar-refractivity contribution >= 4 is 11.9 Å². The molecule has 2 aliphatic rings. The first kappa shape index (κ1) is 19.3. The van der Waals surface area contributed by atoms with Crippen molar-refractivity contribution < 1.29 is 19.1 Å². The Bertz CT molecular complexity index is 394. The van der Waals surface area contributed by atoms with E-state index >= 15 is 0 Å². The highest BCUT2D eigenvalue weighted by atomic mass is 16.5. The standard InChI is InChI=1S/C20H34O4/c1-23-19(21)17(13-15-9-5-3-6-10-15)14-18(20(22)24-2)16-11-7-4-8-12-16/h15-18H,3-14H2,1-2H3/t17-,18+/m0/s1. The lowest BCUT2D eigenvalue weighted by atomic mass is 9.73. The SMILES string of the molecule is COC(=O)[C@@H](CC1CCCCC1)C[C@@H](C(=O)OC)C1CCCCC1. The molecule has 24 heavy (non-hydrogen) atoms. The number of esters is 2. The van der Waals surface area contributed by atoms with E-state index < -0.39 is 0 Å². The molecule has 2 rings (SSSR count). The normalized spacial score (nSPS) is 22.6. The molecular formula is C20H34O4. The highest BCUT2D eigenvalue weighted by Crippen LogP contribution is 2.37. The summed E-state index contributed by atoms with van der Waals surface area (Å²) in [4.78, 5) is 24.7. The molecule has 138 valence electrons. The van der Waals surface area contributed by atoms with Gasteiger partial charge in [-0.05, 0) is 37.5 Å². The molecular weight excluding hydrogens is 304 g/mol. The Kier molecular flexibility index (Phi) is 8.07. The molecule has 0 N–H and O–H groups in total. The maximum absolute atomic E-state index is 12.4. The fourth-order valence-electron chi connectivity index (χ4n) is 4.76. The summed E-state index contributed by atoms with van der Waals surface area (Å²) < 4.78 is 10.1. The molecule has 0 aromatic heterocycles. The predicted molar refractivity (Wildman–Crippen MR) is 93.4 cm³/mol. The minimum atomic E-state index is -0.163. The minimum absolute atomic E-state index is 0.139. The number of carbonyl (C=O) groups excluding carboxylic acids is 2. The van der Waals surface area contributed by atoms with Crippen LogP contribution in [0, 0.1) is 23.7 Å². The third-order valence-corrected chi connectivity index (χ3v) is 6.14. The topological polar surface area (TPSA) is 52.6 Å². The summed E-state index contributed by atoms with van der Waals surface area (Å²) in [6.07, 6.45) is 13.5. The van der Waals surface area contributed by atoms with Crippen LogP contribution < -0.4 is 0 Å². The molecule has 2 fully saturated rings. The third-order valence-electron chi connectivity index (χ3n) is 6.14. The third kappa shape index (κ3) is 5.49.